The highest BCUT2D eigenvalue weighted by atomic mass is 35.5. The Morgan fingerprint density at radius 1 is 1.15 bits per heavy atom. The molecule has 4 nitrogen and oxygen atoms in total. The normalized spacial score (nSPS) is 10.7. The van der Waals surface area contributed by atoms with E-state index >= 15 is 0 Å². The van der Waals surface area contributed by atoms with E-state index in [2.05, 4.69) is 17.4 Å². The summed E-state index contributed by atoms with van der Waals surface area (Å²) in [5.74, 6) is 0.192. The van der Waals surface area contributed by atoms with Crippen molar-refractivity contribution in [2.75, 3.05) is 5.32 Å². The highest BCUT2D eigenvalue weighted by Gasteiger charge is 2.23. The number of amides is 1. The maximum absolute atomic E-state index is 12.8. The molecule has 0 aliphatic carbocycles. The van der Waals surface area contributed by atoms with Crippen molar-refractivity contribution in [3.63, 3.8) is 0 Å². The molecule has 0 radical (unpaired) electrons. The second-order valence-electron chi connectivity index (χ2n) is 6.20. The predicted octanol–water partition coefficient (Wildman–Crippen LogP) is 5.90. The molecule has 26 heavy (non-hydrogen) atoms. The van der Waals surface area contributed by atoms with Gasteiger partial charge in [-0.2, -0.15) is 0 Å². The van der Waals surface area contributed by atoms with Gasteiger partial charge in [-0.25, -0.2) is 0 Å². The molecule has 0 spiro atoms. The van der Waals surface area contributed by atoms with Gasteiger partial charge < -0.3 is 9.84 Å². The van der Waals surface area contributed by atoms with Gasteiger partial charge in [-0.3, -0.25) is 4.79 Å². The first-order valence-corrected chi connectivity index (χ1v) is 9.09. The van der Waals surface area contributed by atoms with Crippen LogP contribution in [0.1, 0.15) is 41.4 Å². The quantitative estimate of drug-likeness (QED) is 0.589. The van der Waals surface area contributed by atoms with Crippen LogP contribution >= 0.6 is 11.6 Å². The molecule has 1 aromatic heterocycles. The standard InChI is InChI=1S/C21H21ClN2O2/c1-3-4-7-15-10-12-16(13-11-15)23-21(25)19-14(2)26-24-20(19)17-8-5-6-9-18(17)22/h5-6,8-13H,3-4,7H2,1-2H3,(H,23,25). The summed E-state index contributed by atoms with van der Waals surface area (Å²) >= 11 is 6.25. The molecule has 0 aliphatic heterocycles. The number of halogens is 1. The van der Waals surface area contributed by atoms with Crippen LogP contribution in [-0.2, 0) is 6.42 Å². The van der Waals surface area contributed by atoms with Gasteiger partial charge in [0.2, 0.25) is 0 Å². The van der Waals surface area contributed by atoms with Gasteiger partial charge in [0.15, 0.2) is 0 Å². The summed E-state index contributed by atoms with van der Waals surface area (Å²) in [4.78, 5) is 12.8. The van der Waals surface area contributed by atoms with Crippen LogP contribution < -0.4 is 5.32 Å². The third kappa shape index (κ3) is 3.97. The monoisotopic (exact) mass is 368 g/mol. The first-order valence-electron chi connectivity index (χ1n) is 8.71. The van der Waals surface area contributed by atoms with Gasteiger partial charge in [-0.05, 0) is 43.5 Å². The van der Waals surface area contributed by atoms with Crippen LogP contribution in [0, 0.1) is 6.92 Å². The van der Waals surface area contributed by atoms with Gasteiger partial charge in [0, 0.05) is 11.3 Å². The van der Waals surface area contributed by atoms with E-state index in [1.54, 1.807) is 13.0 Å². The Labute approximate surface area is 158 Å². The summed E-state index contributed by atoms with van der Waals surface area (Å²) in [5.41, 5.74) is 3.52. The Morgan fingerprint density at radius 2 is 1.88 bits per heavy atom. The van der Waals surface area contributed by atoms with Gasteiger partial charge in [-0.1, -0.05) is 60.4 Å². The molecular weight excluding hydrogens is 348 g/mol. The summed E-state index contributed by atoms with van der Waals surface area (Å²) in [6.07, 6.45) is 3.37. The molecular formula is C21H21ClN2O2. The maximum Gasteiger partial charge on any atom is 0.261 e. The van der Waals surface area contributed by atoms with E-state index in [0.717, 1.165) is 24.9 Å². The number of nitrogens with one attached hydrogen (secondary N) is 1. The third-order valence-electron chi connectivity index (χ3n) is 4.25. The van der Waals surface area contributed by atoms with Gasteiger partial charge >= 0.3 is 0 Å². The molecule has 1 heterocycles. The fourth-order valence-electron chi connectivity index (χ4n) is 2.81. The van der Waals surface area contributed by atoms with Crippen molar-refractivity contribution in [2.24, 2.45) is 0 Å². The third-order valence-corrected chi connectivity index (χ3v) is 4.58. The minimum Gasteiger partial charge on any atom is -0.360 e. The van der Waals surface area contributed by atoms with Crippen LogP contribution in [-0.4, -0.2) is 11.1 Å². The van der Waals surface area contributed by atoms with E-state index in [4.69, 9.17) is 16.1 Å². The zero-order valence-corrected chi connectivity index (χ0v) is 15.6. The van der Waals surface area contributed by atoms with Crippen LogP contribution in [0.5, 0.6) is 0 Å². The molecule has 0 unspecified atom stereocenters. The number of hydrogen-bond acceptors (Lipinski definition) is 3. The molecule has 1 amide bonds. The number of anilines is 1. The van der Waals surface area contributed by atoms with Crippen LogP contribution in [0.3, 0.4) is 0 Å². The molecule has 3 aromatic rings. The van der Waals surface area contributed by atoms with E-state index in [-0.39, 0.29) is 5.91 Å². The molecule has 3 rings (SSSR count). The lowest BCUT2D eigenvalue weighted by molar-refractivity contribution is 0.102. The Balaban J connectivity index is 1.83. The van der Waals surface area contributed by atoms with Crippen molar-refractivity contribution in [1.82, 2.24) is 5.16 Å². The predicted molar refractivity (Wildman–Crippen MR) is 105 cm³/mol. The first-order chi connectivity index (χ1) is 12.6. The SMILES string of the molecule is CCCCc1ccc(NC(=O)c2c(-c3ccccc3Cl)noc2C)cc1. The Morgan fingerprint density at radius 3 is 2.58 bits per heavy atom. The lowest BCUT2D eigenvalue weighted by Gasteiger charge is -2.08. The summed E-state index contributed by atoms with van der Waals surface area (Å²) < 4.78 is 5.26. The van der Waals surface area contributed by atoms with Crippen molar-refractivity contribution in [1.29, 1.82) is 0 Å². The molecule has 0 atom stereocenters. The molecule has 2 aromatic carbocycles. The zero-order valence-electron chi connectivity index (χ0n) is 14.9. The van der Waals surface area contributed by atoms with Gasteiger partial charge in [-0.15, -0.1) is 0 Å². The number of hydrogen-bond donors (Lipinski definition) is 1. The molecule has 0 saturated carbocycles. The molecule has 1 N–H and O–H groups in total. The summed E-state index contributed by atoms with van der Waals surface area (Å²) in [5, 5.41) is 7.48. The topological polar surface area (TPSA) is 55.1 Å². The van der Waals surface area contributed by atoms with E-state index in [0.29, 0.717) is 27.6 Å². The van der Waals surface area contributed by atoms with Crippen LogP contribution in [0.2, 0.25) is 5.02 Å². The van der Waals surface area contributed by atoms with Crippen LogP contribution in [0.15, 0.2) is 53.1 Å². The molecule has 0 saturated heterocycles. The maximum atomic E-state index is 12.8. The number of carbonyl (C=O) groups is 1. The second-order valence-corrected chi connectivity index (χ2v) is 6.60. The van der Waals surface area contributed by atoms with Crippen LogP contribution in [0.4, 0.5) is 5.69 Å². The summed E-state index contributed by atoms with van der Waals surface area (Å²) in [7, 11) is 0. The average Bonchev–Trinajstić information content (AvgIpc) is 3.03. The smallest absolute Gasteiger partial charge is 0.261 e. The van der Waals surface area contributed by atoms with Gasteiger partial charge in [0.1, 0.15) is 17.0 Å². The Bertz CT molecular complexity index is 901. The lowest BCUT2D eigenvalue weighted by atomic mass is 10.1. The van der Waals surface area contributed by atoms with E-state index in [9.17, 15) is 4.79 Å². The first kappa shape index (κ1) is 18.2. The molecule has 0 aliphatic rings. The Hall–Kier alpha value is -2.59. The molecule has 5 heteroatoms. The minimum absolute atomic E-state index is 0.264. The fraction of sp³-hybridized carbons (Fsp3) is 0.238. The van der Waals surface area contributed by atoms with E-state index in [1.165, 1.54) is 5.56 Å². The number of rotatable bonds is 6. The van der Waals surface area contributed by atoms with E-state index in [1.807, 2.05) is 42.5 Å². The largest absolute Gasteiger partial charge is 0.360 e. The second kappa shape index (κ2) is 8.19. The average molecular weight is 369 g/mol. The lowest BCUT2D eigenvalue weighted by Crippen LogP contribution is -2.13. The van der Waals surface area contributed by atoms with E-state index < -0.39 is 0 Å². The van der Waals surface area contributed by atoms with Gasteiger partial charge in [0.05, 0.1) is 5.02 Å². The van der Waals surface area contributed by atoms with Crippen molar-refractivity contribution in [3.05, 3.63) is 70.4 Å². The summed E-state index contributed by atoms with van der Waals surface area (Å²) in [6, 6.07) is 15.2. The zero-order chi connectivity index (χ0) is 18.5. The molecule has 134 valence electrons. The minimum atomic E-state index is -0.264. The van der Waals surface area contributed by atoms with Crippen molar-refractivity contribution >= 4 is 23.2 Å². The number of unbranched alkanes of at least 4 members (excludes halogenated alkanes) is 1. The van der Waals surface area contributed by atoms with Gasteiger partial charge in [0.25, 0.3) is 5.91 Å². The highest BCUT2D eigenvalue weighted by molar-refractivity contribution is 6.33. The highest BCUT2D eigenvalue weighted by Crippen LogP contribution is 2.31. The fourth-order valence-corrected chi connectivity index (χ4v) is 3.03. The van der Waals surface area contributed by atoms with Crippen LogP contribution in [0.25, 0.3) is 11.3 Å². The number of aromatic nitrogens is 1. The van der Waals surface area contributed by atoms with Crippen molar-refractivity contribution in [2.45, 2.75) is 33.1 Å². The summed E-state index contributed by atoms with van der Waals surface area (Å²) in [6.45, 7) is 3.89. The molecule has 0 bridgehead atoms. The number of benzene rings is 2. The Kier molecular flexibility index (Phi) is 5.74. The molecule has 0 fully saturated rings. The van der Waals surface area contributed by atoms with Crippen molar-refractivity contribution < 1.29 is 9.32 Å². The van der Waals surface area contributed by atoms with Crippen molar-refractivity contribution in [3.8, 4) is 11.3 Å². The number of nitrogens with zero attached hydrogens (tertiary/aromatic N) is 1. The number of aryl methyl sites for hydroxylation is 2. The number of carbonyl (C=O) groups excluding carboxylic acids is 1.